The minimum atomic E-state index is -1.07. The maximum absolute atomic E-state index is 12.4. The second kappa shape index (κ2) is 6.78. The SMILES string of the molecule is Cc1ccc([N+](=O)[O-])cc1NC(=O)[C@H]1CC(Cl)=CC[C@H]1C(=O)O. The van der Waals surface area contributed by atoms with Gasteiger partial charge in [-0.25, -0.2) is 0 Å². The van der Waals surface area contributed by atoms with Crippen LogP contribution in [-0.2, 0) is 9.59 Å². The van der Waals surface area contributed by atoms with E-state index >= 15 is 0 Å². The number of carbonyl (C=O) groups is 2. The van der Waals surface area contributed by atoms with Crippen molar-refractivity contribution in [2.24, 2.45) is 11.8 Å². The number of anilines is 1. The third kappa shape index (κ3) is 3.87. The van der Waals surface area contributed by atoms with E-state index < -0.39 is 28.6 Å². The highest BCUT2D eigenvalue weighted by Crippen LogP contribution is 2.33. The Morgan fingerprint density at radius 1 is 1.39 bits per heavy atom. The molecule has 23 heavy (non-hydrogen) atoms. The summed E-state index contributed by atoms with van der Waals surface area (Å²) in [6.45, 7) is 1.70. The molecule has 0 spiro atoms. The van der Waals surface area contributed by atoms with Gasteiger partial charge in [0.2, 0.25) is 5.91 Å². The van der Waals surface area contributed by atoms with E-state index in [9.17, 15) is 24.8 Å². The van der Waals surface area contributed by atoms with E-state index in [4.69, 9.17) is 11.6 Å². The summed E-state index contributed by atoms with van der Waals surface area (Å²) in [6, 6.07) is 4.12. The maximum Gasteiger partial charge on any atom is 0.307 e. The Balaban J connectivity index is 2.24. The summed E-state index contributed by atoms with van der Waals surface area (Å²) < 4.78 is 0. The summed E-state index contributed by atoms with van der Waals surface area (Å²) in [7, 11) is 0. The number of rotatable bonds is 4. The lowest BCUT2D eigenvalue weighted by Crippen LogP contribution is -2.35. The molecule has 0 unspecified atom stereocenters. The molecule has 0 saturated heterocycles. The van der Waals surface area contributed by atoms with E-state index in [1.165, 1.54) is 18.2 Å². The average molecular weight is 339 g/mol. The molecule has 1 aromatic carbocycles. The Kier molecular flexibility index (Phi) is 5.00. The number of hydrogen-bond acceptors (Lipinski definition) is 4. The van der Waals surface area contributed by atoms with Crippen LogP contribution in [0.5, 0.6) is 0 Å². The van der Waals surface area contributed by atoms with Crippen LogP contribution >= 0.6 is 11.6 Å². The molecule has 1 amide bonds. The summed E-state index contributed by atoms with van der Waals surface area (Å²) >= 11 is 5.93. The largest absolute Gasteiger partial charge is 0.481 e. The van der Waals surface area contributed by atoms with Gasteiger partial charge >= 0.3 is 5.97 Å². The molecule has 2 N–H and O–H groups in total. The van der Waals surface area contributed by atoms with Crippen LogP contribution in [-0.4, -0.2) is 21.9 Å². The minimum Gasteiger partial charge on any atom is -0.481 e. The highest BCUT2D eigenvalue weighted by atomic mass is 35.5. The van der Waals surface area contributed by atoms with E-state index in [0.717, 1.165) is 0 Å². The van der Waals surface area contributed by atoms with Gasteiger partial charge in [-0.05, 0) is 25.3 Å². The molecule has 122 valence electrons. The molecule has 7 nitrogen and oxygen atoms in total. The topological polar surface area (TPSA) is 110 Å². The van der Waals surface area contributed by atoms with Crippen molar-refractivity contribution >= 4 is 34.9 Å². The fourth-order valence-electron chi connectivity index (χ4n) is 2.49. The van der Waals surface area contributed by atoms with E-state index in [1.54, 1.807) is 13.0 Å². The monoisotopic (exact) mass is 338 g/mol. The number of nitro benzene ring substituents is 1. The number of carboxylic acids is 1. The number of allylic oxidation sites excluding steroid dienone is 2. The van der Waals surface area contributed by atoms with Gasteiger partial charge in [0.25, 0.3) is 5.69 Å². The van der Waals surface area contributed by atoms with Gasteiger partial charge in [-0.3, -0.25) is 19.7 Å². The molecule has 1 aliphatic carbocycles. The zero-order chi connectivity index (χ0) is 17.1. The summed E-state index contributed by atoms with van der Waals surface area (Å²) in [5.41, 5.74) is 0.787. The minimum absolute atomic E-state index is 0.137. The zero-order valence-corrected chi connectivity index (χ0v) is 13.0. The lowest BCUT2D eigenvalue weighted by molar-refractivity contribution is -0.384. The Morgan fingerprint density at radius 2 is 2.09 bits per heavy atom. The van der Waals surface area contributed by atoms with Crippen molar-refractivity contribution in [1.82, 2.24) is 0 Å². The van der Waals surface area contributed by atoms with E-state index in [1.807, 2.05) is 0 Å². The Labute approximate surface area is 137 Å². The number of nitrogens with one attached hydrogen (secondary N) is 1. The number of aliphatic carboxylic acids is 1. The number of nitrogens with zero attached hydrogens (tertiary/aromatic N) is 1. The van der Waals surface area contributed by atoms with Crippen LogP contribution in [0.4, 0.5) is 11.4 Å². The molecule has 1 aliphatic rings. The van der Waals surface area contributed by atoms with Gasteiger partial charge in [0, 0.05) is 17.2 Å². The molecule has 0 aliphatic heterocycles. The normalized spacial score (nSPS) is 20.5. The van der Waals surface area contributed by atoms with Gasteiger partial charge in [0.1, 0.15) is 0 Å². The molecule has 1 aromatic rings. The predicted molar refractivity (Wildman–Crippen MR) is 84.2 cm³/mol. The first-order valence-electron chi connectivity index (χ1n) is 6.93. The maximum atomic E-state index is 12.4. The summed E-state index contributed by atoms with van der Waals surface area (Å²) in [5.74, 6) is -3.26. The lowest BCUT2D eigenvalue weighted by Gasteiger charge is -2.26. The highest BCUT2D eigenvalue weighted by molar-refractivity contribution is 6.29. The number of hydrogen-bond donors (Lipinski definition) is 2. The zero-order valence-electron chi connectivity index (χ0n) is 12.3. The first kappa shape index (κ1) is 17.0. The van der Waals surface area contributed by atoms with E-state index in [0.29, 0.717) is 16.3 Å². The fourth-order valence-corrected chi connectivity index (χ4v) is 2.74. The number of amides is 1. The molecular formula is C15H15ClN2O5. The van der Waals surface area contributed by atoms with Crippen LogP contribution < -0.4 is 5.32 Å². The van der Waals surface area contributed by atoms with E-state index in [2.05, 4.69) is 5.32 Å². The van der Waals surface area contributed by atoms with Crippen molar-refractivity contribution in [2.75, 3.05) is 5.32 Å². The van der Waals surface area contributed by atoms with Gasteiger partial charge in [0.15, 0.2) is 0 Å². The lowest BCUT2D eigenvalue weighted by atomic mass is 9.82. The van der Waals surface area contributed by atoms with Gasteiger partial charge in [-0.1, -0.05) is 23.7 Å². The number of benzene rings is 1. The predicted octanol–water partition coefficient (Wildman–Crippen LogP) is 3.08. The van der Waals surface area contributed by atoms with Crippen LogP contribution in [0.1, 0.15) is 18.4 Å². The van der Waals surface area contributed by atoms with Gasteiger partial charge in [-0.15, -0.1) is 0 Å². The molecule has 0 fully saturated rings. The Bertz CT molecular complexity index is 701. The number of carboxylic acid groups (broad SMARTS) is 1. The van der Waals surface area contributed by atoms with Crippen LogP contribution in [0.25, 0.3) is 0 Å². The van der Waals surface area contributed by atoms with Crippen molar-refractivity contribution < 1.29 is 19.6 Å². The summed E-state index contributed by atoms with van der Waals surface area (Å²) in [5, 5.41) is 23.1. The van der Waals surface area contributed by atoms with Crippen LogP contribution in [0.3, 0.4) is 0 Å². The van der Waals surface area contributed by atoms with Gasteiger partial charge < -0.3 is 10.4 Å². The number of aryl methyl sites for hydroxylation is 1. The second-order valence-electron chi connectivity index (χ2n) is 5.39. The highest BCUT2D eigenvalue weighted by Gasteiger charge is 2.36. The molecule has 0 radical (unpaired) electrons. The fraction of sp³-hybridized carbons (Fsp3) is 0.333. The van der Waals surface area contributed by atoms with Crippen molar-refractivity contribution in [1.29, 1.82) is 0 Å². The van der Waals surface area contributed by atoms with Gasteiger partial charge in [-0.2, -0.15) is 0 Å². The first-order chi connectivity index (χ1) is 10.8. The standard InChI is InChI=1S/C15H15ClN2O5/c1-8-2-4-10(18(22)23)7-13(8)17-14(19)12-6-9(16)3-5-11(12)15(20)21/h2-4,7,11-12H,5-6H2,1H3,(H,17,19)(H,20,21)/t11-,12+/m1/s1. The molecule has 0 aromatic heterocycles. The Hall–Kier alpha value is -2.41. The third-order valence-electron chi connectivity index (χ3n) is 3.84. The summed E-state index contributed by atoms with van der Waals surface area (Å²) in [6.07, 6.45) is 1.92. The van der Waals surface area contributed by atoms with Crippen molar-refractivity contribution in [2.45, 2.75) is 19.8 Å². The first-order valence-corrected chi connectivity index (χ1v) is 7.30. The molecule has 0 saturated carbocycles. The average Bonchev–Trinajstić information content (AvgIpc) is 2.48. The molecule has 2 atom stereocenters. The quantitative estimate of drug-likeness (QED) is 0.647. The molecular weight excluding hydrogens is 324 g/mol. The van der Waals surface area contributed by atoms with Crippen molar-refractivity contribution in [3.05, 3.63) is 45.0 Å². The number of carbonyl (C=O) groups excluding carboxylic acids is 1. The van der Waals surface area contributed by atoms with Crippen LogP contribution in [0, 0.1) is 28.9 Å². The van der Waals surface area contributed by atoms with Crippen molar-refractivity contribution in [3.63, 3.8) is 0 Å². The smallest absolute Gasteiger partial charge is 0.307 e. The van der Waals surface area contributed by atoms with Crippen LogP contribution in [0.15, 0.2) is 29.3 Å². The Morgan fingerprint density at radius 3 is 2.70 bits per heavy atom. The summed E-state index contributed by atoms with van der Waals surface area (Å²) in [4.78, 5) is 34.0. The number of nitro groups is 1. The third-order valence-corrected chi connectivity index (χ3v) is 4.15. The number of non-ortho nitro benzene ring substituents is 1. The van der Waals surface area contributed by atoms with Gasteiger partial charge in [0.05, 0.1) is 22.4 Å². The molecule has 0 bridgehead atoms. The number of halogens is 1. The molecule has 2 rings (SSSR count). The molecule has 8 heteroatoms. The van der Waals surface area contributed by atoms with E-state index in [-0.39, 0.29) is 18.5 Å². The second-order valence-corrected chi connectivity index (χ2v) is 5.87. The molecule has 0 heterocycles. The van der Waals surface area contributed by atoms with Crippen molar-refractivity contribution in [3.8, 4) is 0 Å². The van der Waals surface area contributed by atoms with Crippen LogP contribution in [0.2, 0.25) is 0 Å².